The summed E-state index contributed by atoms with van der Waals surface area (Å²) >= 11 is 7.99. The molecule has 108 valence electrons. The molecule has 0 aliphatic rings. The zero-order chi connectivity index (χ0) is 14.4. The van der Waals surface area contributed by atoms with Gasteiger partial charge >= 0.3 is 0 Å². The first-order valence-electron chi connectivity index (χ1n) is 6.61. The van der Waals surface area contributed by atoms with E-state index in [1.54, 1.807) is 18.0 Å². The van der Waals surface area contributed by atoms with Crippen molar-refractivity contribution in [2.75, 3.05) is 5.75 Å². The van der Waals surface area contributed by atoms with Crippen molar-refractivity contribution in [3.05, 3.63) is 47.2 Å². The maximum atomic E-state index is 6.25. The van der Waals surface area contributed by atoms with Gasteiger partial charge in [0.15, 0.2) is 0 Å². The van der Waals surface area contributed by atoms with Crippen LogP contribution in [-0.2, 0) is 6.54 Å². The zero-order valence-corrected chi connectivity index (χ0v) is 13.0. The summed E-state index contributed by atoms with van der Waals surface area (Å²) in [6.07, 6.45) is 2.69. The molecule has 1 unspecified atom stereocenters. The Balaban J connectivity index is 2.10. The van der Waals surface area contributed by atoms with E-state index in [2.05, 4.69) is 29.6 Å². The van der Waals surface area contributed by atoms with Crippen molar-refractivity contribution in [1.29, 1.82) is 0 Å². The second kappa shape index (κ2) is 7.69. The minimum Gasteiger partial charge on any atom is -0.271 e. The van der Waals surface area contributed by atoms with Crippen LogP contribution < -0.4 is 11.3 Å². The van der Waals surface area contributed by atoms with Crippen LogP contribution in [0.2, 0.25) is 5.02 Å². The van der Waals surface area contributed by atoms with E-state index in [0.29, 0.717) is 5.02 Å². The molecule has 0 amide bonds. The number of nitrogens with one attached hydrogen (secondary N) is 1. The summed E-state index contributed by atoms with van der Waals surface area (Å²) in [5, 5.41) is 4.97. The van der Waals surface area contributed by atoms with Crippen LogP contribution in [-0.4, -0.2) is 15.5 Å². The Labute approximate surface area is 128 Å². The molecular formula is C14H19ClN4S. The van der Waals surface area contributed by atoms with Gasteiger partial charge in [-0.25, -0.2) is 0 Å². The van der Waals surface area contributed by atoms with E-state index in [4.69, 9.17) is 17.4 Å². The number of halogens is 1. The predicted molar refractivity (Wildman–Crippen MR) is 84.8 cm³/mol. The Bertz CT molecular complexity index is 529. The minimum atomic E-state index is -0.0262. The Morgan fingerprint density at radius 1 is 1.40 bits per heavy atom. The van der Waals surface area contributed by atoms with Crippen LogP contribution in [0.25, 0.3) is 0 Å². The standard InChI is InChI=1S/C14H19ClN4S/c1-2-8-19-14(12(15)9-17-19)13(18-16)10-20-11-6-4-3-5-7-11/h3-7,9,13,18H,2,8,10,16H2,1H3. The Morgan fingerprint density at radius 3 is 2.80 bits per heavy atom. The number of thioether (sulfide) groups is 1. The molecule has 2 aromatic rings. The summed E-state index contributed by atoms with van der Waals surface area (Å²) in [6.45, 7) is 2.96. The summed E-state index contributed by atoms with van der Waals surface area (Å²) in [7, 11) is 0. The first-order chi connectivity index (χ1) is 9.76. The van der Waals surface area contributed by atoms with E-state index in [9.17, 15) is 0 Å². The SMILES string of the molecule is CCCn1ncc(Cl)c1C(CSc1ccccc1)NN. The number of nitrogens with zero attached hydrogens (tertiary/aromatic N) is 2. The van der Waals surface area contributed by atoms with Crippen LogP contribution in [0.3, 0.4) is 0 Å². The van der Waals surface area contributed by atoms with E-state index < -0.39 is 0 Å². The van der Waals surface area contributed by atoms with Gasteiger partial charge in [0.05, 0.1) is 23.0 Å². The molecule has 3 N–H and O–H groups in total. The van der Waals surface area contributed by atoms with Crippen LogP contribution in [0.5, 0.6) is 0 Å². The van der Waals surface area contributed by atoms with Crippen molar-refractivity contribution < 1.29 is 0 Å². The second-order valence-electron chi connectivity index (χ2n) is 4.44. The number of aromatic nitrogens is 2. The lowest BCUT2D eigenvalue weighted by atomic mass is 10.2. The molecule has 0 radical (unpaired) electrons. The van der Waals surface area contributed by atoms with E-state index in [1.807, 2.05) is 22.9 Å². The first-order valence-corrected chi connectivity index (χ1v) is 7.97. The van der Waals surface area contributed by atoms with E-state index in [-0.39, 0.29) is 6.04 Å². The Kier molecular flexibility index (Phi) is 5.91. The topological polar surface area (TPSA) is 55.9 Å². The van der Waals surface area contributed by atoms with Crippen molar-refractivity contribution in [3.8, 4) is 0 Å². The molecule has 0 bridgehead atoms. The van der Waals surface area contributed by atoms with Crippen LogP contribution in [0.1, 0.15) is 25.1 Å². The van der Waals surface area contributed by atoms with Crippen LogP contribution in [0, 0.1) is 0 Å². The summed E-state index contributed by atoms with van der Waals surface area (Å²) in [5.41, 5.74) is 3.81. The van der Waals surface area contributed by atoms with Crippen LogP contribution in [0.4, 0.5) is 0 Å². The van der Waals surface area contributed by atoms with Gasteiger partial charge in [-0.3, -0.25) is 16.0 Å². The molecule has 0 aliphatic carbocycles. The van der Waals surface area contributed by atoms with E-state index in [1.165, 1.54) is 4.90 Å². The summed E-state index contributed by atoms with van der Waals surface area (Å²) in [6, 6.07) is 10.2. The quantitative estimate of drug-likeness (QED) is 0.468. The molecular weight excluding hydrogens is 292 g/mol. The number of aryl methyl sites for hydroxylation is 1. The second-order valence-corrected chi connectivity index (χ2v) is 5.94. The lowest BCUT2D eigenvalue weighted by Crippen LogP contribution is -2.31. The maximum absolute atomic E-state index is 6.25. The third kappa shape index (κ3) is 3.76. The molecule has 1 aromatic heterocycles. The Hall–Kier alpha value is -1.01. The van der Waals surface area contributed by atoms with E-state index in [0.717, 1.165) is 24.4 Å². The highest BCUT2D eigenvalue weighted by Gasteiger charge is 2.19. The number of hydrazine groups is 1. The number of rotatable bonds is 7. The summed E-state index contributed by atoms with van der Waals surface area (Å²) in [4.78, 5) is 1.21. The van der Waals surface area contributed by atoms with Gasteiger partial charge in [0.1, 0.15) is 0 Å². The molecule has 0 saturated heterocycles. The molecule has 6 heteroatoms. The number of hydrogen-bond acceptors (Lipinski definition) is 4. The number of nitrogens with two attached hydrogens (primary N) is 1. The minimum absolute atomic E-state index is 0.0262. The van der Waals surface area contributed by atoms with Gasteiger partial charge in [0.25, 0.3) is 0 Å². The fourth-order valence-corrected chi connectivity index (χ4v) is 3.25. The van der Waals surface area contributed by atoms with Gasteiger partial charge in [-0.1, -0.05) is 36.7 Å². The smallest absolute Gasteiger partial charge is 0.0834 e. The van der Waals surface area contributed by atoms with Gasteiger partial charge in [0.2, 0.25) is 0 Å². The molecule has 0 aliphatic heterocycles. The van der Waals surface area contributed by atoms with Crippen LogP contribution >= 0.6 is 23.4 Å². The van der Waals surface area contributed by atoms with Crippen molar-refractivity contribution in [1.82, 2.24) is 15.2 Å². The van der Waals surface area contributed by atoms with Gasteiger partial charge in [-0.2, -0.15) is 5.10 Å². The summed E-state index contributed by atoms with van der Waals surface area (Å²) in [5.74, 6) is 6.50. The first kappa shape index (κ1) is 15.4. The van der Waals surface area contributed by atoms with E-state index >= 15 is 0 Å². The lowest BCUT2D eigenvalue weighted by Gasteiger charge is -2.18. The molecule has 1 heterocycles. The van der Waals surface area contributed by atoms with Crippen molar-refractivity contribution >= 4 is 23.4 Å². The lowest BCUT2D eigenvalue weighted by molar-refractivity contribution is 0.509. The third-order valence-corrected chi connectivity index (χ3v) is 4.36. The van der Waals surface area contributed by atoms with Crippen LogP contribution in [0.15, 0.2) is 41.4 Å². The highest BCUT2D eigenvalue weighted by Crippen LogP contribution is 2.28. The van der Waals surface area contributed by atoms with Crippen molar-refractivity contribution in [2.45, 2.75) is 30.8 Å². The average molecular weight is 311 g/mol. The maximum Gasteiger partial charge on any atom is 0.0834 e. The monoisotopic (exact) mass is 310 g/mol. The predicted octanol–water partition coefficient (Wildman–Crippen LogP) is 3.24. The van der Waals surface area contributed by atoms with Gasteiger partial charge in [0, 0.05) is 17.2 Å². The normalized spacial score (nSPS) is 12.6. The molecule has 0 spiro atoms. The fraction of sp³-hybridized carbons (Fsp3) is 0.357. The highest BCUT2D eigenvalue weighted by atomic mass is 35.5. The Morgan fingerprint density at radius 2 is 2.15 bits per heavy atom. The zero-order valence-electron chi connectivity index (χ0n) is 11.4. The average Bonchev–Trinajstić information content (AvgIpc) is 2.83. The molecule has 4 nitrogen and oxygen atoms in total. The van der Waals surface area contributed by atoms with Crippen molar-refractivity contribution in [3.63, 3.8) is 0 Å². The van der Waals surface area contributed by atoms with Crippen molar-refractivity contribution in [2.24, 2.45) is 5.84 Å². The molecule has 20 heavy (non-hydrogen) atoms. The molecule has 1 aromatic carbocycles. The van der Waals surface area contributed by atoms with Gasteiger partial charge in [-0.15, -0.1) is 11.8 Å². The van der Waals surface area contributed by atoms with Gasteiger partial charge < -0.3 is 0 Å². The molecule has 0 fully saturated rings. The summed E-state index contributed by atoms with van der Waals surface area (Å²) < 4.78 is 1.93. The number of benzene rings is 1. The third-order valence-electron chi connectivity index (χ3n) is 2.96. The molecule has 0 saturated carbocycles. The number of hydrogen-bond donors (Lipinski definition) is 2. The fourth-order valence-electron chi connectivity index (χ4n) is 2.01. The van der Waals surface area contributed by atoms with Gasteiger partial charge in [-0.05, 0) is 18.6 Å². The highest BCUT2D eigenvalue weighted by molar-refractivity contribution is 7.99. The largest absolute Gasteiger partial charge is 0.271 e. The molecule has 2 rings (SSSR count). The molecule has 1 atom stereocenters.